The molecule has 0 atom stereocenters. The van der Waals surface area contributed by atoms with E-state index >= 15 is 0 Å². The normalized spacial score (nSPS) is 16.4. The van der Waals surface area contributed by atoms with Crippen molar-refractivity contribution in [2.24, 2.45) is 0 Å². The first-order valence-corrected chi connectivity index (χ1v) is 8.77. The highest BCUT2D eigenvalue weighted by Gasteiger charge is 2.36. The van der Waals surface area contributed by atoms with Gasteiger partial charge in [0.25, 0.3) is 5.91 Å². The van der Waals surface area contributed by atoms with Gasteiger partial charge in [0.1, 0.15) is 10.7 Å². The molecule has 3 rings (SSSR count). The van der Waals surface area contributed by atoms with Crippen LogP contribution in [0.4, 0.5) is 4.39 Å². The first-order valence-electron chi connectivity index (χ1n) is 8.00. The smallest absolute Gasteiger partial charge is 0.264 e. The molecule has 23 heavy (non-hydrogen) atoms. The van der Waals surface area contributed by atoms with Crippen LogP contribution in [0.15, 0.2) is 24.3 Å². The number of hydrogen-bond acceptors (Lipinski definition) is 4. The highest BCUT2D eigenvalue weighted by atomic mass is 32.1. The molecule has 1 saturated carbocycles. The number of benzene rings is 1. The first-order chi connectivity index (χ1) is 11.1. The number of aromatic nitrogens is 2. The standard InChI is InChI=1S/C17H20FN3OS/c1-2-14-15(23-21-20-14)16(22)19-11-17(9-3-4-10-17)12-5-7-13(18)8-6-12/h5-8H,2-4,9-11H2,1H3,(H,19,22). The Morgan fingerprint density at radius 2 is 2.00 bits per heavy atom. The average Bonchev–Trinajstić information content (AvgIpc) is 3.23. The number of carbonyl (C=O) groups is 1. The van der Waals surface area contributed by atoms with E-state index in [-0.39, 0.29) is 17.1 Å². The molecule has 4 nitrogen and oxygen atoms in total. The van der Waals surface area contributed by atoms with Gasteiger partial charge in [-0.05, 0) is 48.5 Å². The van der Waals surface area contributed by atoms with Gasteiger partial charge in [-0.15, -0.1) is 5.10 Å². The van der Waals surface area contributed by atoms with Crippen LogP contribution < -0.4 is 5.32 Å². The van der Waals surface area contributed by atoms with Gasteiger partial charge in [0.05, 0.1) is 5.69 Å². The number of rotatable bonds is 5. The number of halogens is 1. The van der Waals surface area contributed by atoms with Gasteiger partial charge in [-0.25, -0.2) is 4.39 Å². The summed E-state index contributed by atoms with van der Waals surface area (Å²) in [7, 11) is 0. The lowest BCUT2D eigenvalue weighted by Gasteiger charge is -2.30. The molecule has 0 aliphatic heterocycles. The Labute approximate surface area is 139 Å². The summed E-state index contributed by atoms with van der Waals surface area (Å²) in [5, 5.41) is 7.04. The molecule has 1 aromatic carbocycles. The second-order valence-electron chi connectivity index (χ2n) is 6.08. The Balaban J connectivity index is 1.75. The fourth-order valence-corrected chi connectivity index (χ4v) is 4.03. The molecule has 2 aromatic rings. The van der Waals surface area contributed by atoms with Gasteiger partial charge in [-0.2, -0.15) is 0 Å². The van der Waals surface area contributed by atoms with Crippen LogP contribution in [0, 0.1) is 5.82 Å². The molecule has 0 spiro atoms. The fraction of sp³-hybridized carbons (Fsp3) is 0.471. The number of hydrogen-bond donors (Lipinski definition) is 1. The minimum absolute atomic E-state index is 0.0894. The van der Waals surface area contributed by atoms with Crippen molar-refractivity contribution in [3.8, 4) is 0 Å². The number of nitrogens with zero attached hydrogens (tertiary/aromatic N) is 2. The molecule has 1 amide bonds. The number of aryl methyl sites for hydroxylation is 1. The summed E-state index contributed by atoms with van der Waals surface area (Å²) in [6.07, 6.45) is 4.99. The lowest BCUT2D eigenvalue weighted by Crippen LogP contribution is -2.39. The van der Waals surface area contributed by atoms with Crippen molar-refractivity contribution in [1.82, 2.24) is 14.9 Å². The Kier molecular flexibility index (Phi) is 4.71. The second kappa shape index (κ2) is 6.74. The summed E-state index contributed by atoms with van der Waals surface area (Å²) < 4.78 is 17.1. The van der Waals surface area contributed by atoms with Gasteiger partial charge < -0.3 is 5.32 Å². The van der Waals surface area contributed by atoms with Gasteiger partial charge in [-0.1, -0.05) is 36.4 Å². The van der Waals surface area contributed by atoms with E-state index < -0.39 is 0 Å². The minimum Gasteiger partial charge on any atom is -0.350 e. The molecule has 1 N–H and O–H groups in total. The maximum atomic E-state index is 13.2. The van der Waals surface area contributed by atoms with Crippen molar-refractivity contribution in [3.63, 3.8) is 0 Å². The van der Waals surface area contributed by atoms with Crippen LogP contribution in [-0.4, -0.2) is 22.0 Å². The molecule has 0 saturated heterocycles. The maximum absolute atomic E-state index is 13.2. The molecule has 1 aromatic heterocycles. The summed E-state index contributed by atoms with van der Waals surface area (Å²) in [5.41, 5.74) is 1.76. The summed E-state index contributed by atoms with van der Waals surface area (Å²) >= 11 is 1.14. The lowest BCUT2D eigenvalue weighted by atomic mass is 9.79. The summed E-state index contributed by atoms with van der Waals surface area (Å²) in [5.74, 6) is -0.334. The van der Waals surface area contributed by atoms with E-state index in [1.807, 2.05) is 19.1 Å². The number of nitrogens with one attached hydrogen (secondary N) is 1. The fourth-order valence-electron chi connectivity index (χ4n) is 3.36. The Bertz CT molecular complexity index is 677. The predicted octanol–water partition coefficient (Wildman–Crippen LogP) is 3.48. The van der Waals surface area contributed by atoms with E-state index in [1.54, 1.807) is 0 Å². The van der Waals surface area contributed by atoms with Crippen molar-refractivity contribution in [1.29, 1.82) is 0 Å². The van der Waals surface area contributed by atoms with E-state index in [9.17, 15) is 9.18 Å². The zero-order chi connectivity index (χ0) is 16.3. The van der Waals surface area contributed by atoms with Gasteiger partial charge in [0, 0.05) is 12.0 Å². The highest BCUT2D eigenvalue weighted by Crippen LogP contribution is 2.40. The average molecular weight is 333 g/mol. The zero-order valence-corrected chi connectivity index (χ0v) is 14.0. The van der Waals surface area contributed by atoms with Crippen LogP contribution in [0.2, 0.25) is 0 Å². The van der Waals surface area contributed by atoms with Crippen LogP contribution in [0.3, 0.4) is 0 Å². The maximum Gasteiger partial charge on any atom is 0.264 e. The van der Waals surface area contributed by atoms with Crippen LogP contribution in [0.25, 0.3) is 0 Å². The molecule has 1 aliphatic carbocycles. The molecule has 1 heterocycles. The van der Waals surface area contributed by atoms with E-state index in [2.05, 4.69) is 14.9 Å². The van der Waals surface area contributed by atoms with Crippen LogP contribution in [0.5, 0.6) is 0 Å². The van der Waals surface area contributed by atoms with Crippen LogP contribution in [-0.2, 0) is 11.8 Å². The monoisotopic (exact) mass is 333 g/mol. The third-order valence-corrected chi connectivity index (χ3v) is 5.47. The first kappa shape index (κ1) is 16.1. The van der Waals surface area contributed by atoms with Gasteiger partial charge >= 0.3 is 0 Å². The van der Waals surface area contributed by atoms with Crippen LogP contribution in [0.1, 0.15) is 53.5 Å². The van der Waals surface area contributed by atoms with E-state index in [1.165, 1.54) is 12.1 Å². The molecule has 1 fully saturated rings. The van der Waals surface area contributed by atoms with Gasteiger partial charge in [-0.3, -0.25) is 4.79 Å². The molecular formula is C17H20FN3OS. The minimum atomic E-state index is -0.228. The summed E-state index contributed by atoms with van der Waals surface area (Å²) in [6.45, 7) is 2.53. The molecule has 0 unspecified atom stereocenters. The molecule has 1 aliphatic rings. The van der Waals surface area contributed by atoms with Crippen LogP contribution >= 0.6 is 11.5 Å². The topological polar surface area (TPSA) is 54.9 Å². The lowest BCUT2D eigenvalue weighted by molar-refractivity contribution is 0.0946. The predicted molar refractivity (Wildman–Crippen MR) is 88.2 cm³/mol. The molecular weight excluding hydrogens is 313 g/mol. The van der Waals surface area contributed by atoms with Crippen molar-refractivity contribution in [3.05, 3.63) is 46.2 Å². The Morgan fingerprint density at radius 3 is 2.65 bits per heavy atom. The van der Waals surface area contributed by atoms with Gasteiger partial charge in [0.2, 0.25) is 0 Å². The van der Waals surface area contributed by atoms with Crippen molar-refractivity contribution >= 4 is 17.4 Å². The number of amides is 1. The zero-order valence-electron chi connectivity index (χ0n) is 13.1. The van der Waals surface area contributed by atoms with Crippen molar-refractivity contribution in [2.45, 2.75) is 44.4 Å². The van der Waals surface area contributed by atoms with Gasteiger partial charge in [0.15, 0.2) is 0 Å². The SMILES string of the molecule is CCc1nnsc1C(=O)NCC1(c2ccc(F)cc2)CCCC1. The molecule has 122 valence electrons. The Morgan fingerprint density at radius 1 is 1.30 bits per heavy atom. The number of carbonyl (C=O) groups excluding carboxylic acids is 1. The quantitative estimate of drug-likeness (QED) is 0.911. The van der Waals surface area contributed by atoms with Crippen molar-refractivity contribution in [2.75, 3.05) is 6.54 Å². The third kappa shape index (κ3) is 3.27. The van der Waals surface area contributed by atoms with E-state index in [4.69, 9.17) is 0 Å². The molecule has 0 bridgehead atoms. The Hall–Kier alpha value is -1.82. The van der Waals surface area contributed by atoms with Crippen molar-refractivity contribution < 1.29 is 9.18 Å². The summed E-state index contributed by atoms with van der Waals surface area (Å²) in [4.78, 5) is 13.0. The second-order valence-corrected chi connectivity index (χ2v) is 6.83. The van der Waals surface area contributed by atoms with E-state index in [0.29, 0.717) is 17.8 Å². The molecule has 6 heteroatoms. The largest absolute Gasteiger partial charge is 0.350 e. The third-order valence-electron chi connectivity index (χ3n) is 4.70. The highest BCUT2D eigenvalue weighted by molar-refractivity contribution is 7.08. The summed E-state index contributed by atoms with van der Waals surface area (Å²) in [6, 6.07) is 6.69. The molecule has 0 radical (unpaired) electrons. The van der Waals surface area contributed by atoms with E-state index in [0.717, 1.165) is 48.5 Å².